The molecule has 1 aliphatic rings. The van der Waals surface area contributed by atoms with Gasteiger partial charge in [0.15, 0.2) is 17.5 Å². The summed E-state index contributed by atoms with van der Waals surface area (Å²) < 4.78 is 4.84. The summed E-state index contributed by atoms with van der Waals surface area (Å²) in [7, 11) is 0. The highest BCUT2D eigenvalue weighted by molar-refractivity contribution is 6.13. The maximum Gasteiger partial charge on any atom is 0.164 e. The summed E-state index contributed by atoms with van der Waals surface area (Å²) in [6.45, 7) is 6.52. The van der Waals surface area contributed by atoms with E-state index in [0.29, 0.717) is 17.5 Å². The maximum absolute atomic E-state index is 5.19. The molecule has 5 heteroatoms. The zero-order chi connectivity index (χ0) is 39.6. The topological polar surface area (TPSA) is 48.5 Å². The predicted octanol–water partition coefficient (Wildman–Crippen LogP) is 13.4. The van der Waals surface area contributed by atoms with Crippen LogP contribution in [0.5, 0.6) is 0 Å². The molecule has 282 valence electrons. The van der Waals surface area contributed by atoms with Crippen molar-refractivity contribution in [1.82, 2.24) is 24.1 Å². The molecule has 1 aliphatic carbocycles. The second kappa shape index (κ2) is 13.9. The SMILES string of the molecule is Cc1ccc(-c2nc(C3=CC=CC(c4cccc5c4c4cc(-n6c7ccccc7c7ccccc76)ccc4n5-c4ccccc4)C3C)nc(-c3ccc(C)cc3)n2)cc1. The zero-order valence-electron chi connectivity index (χ0n) is 33.2. The summed E-state index contributed by atoms with van der Waals surface area (Å²) >= 11 is 0. The van der Waals surface area contributed by atoms with Crippen molar-refractivity contribution in [3.05, 3.63) is 205 Å². The van der Waals surface area contributed by atoms with Gasteiger partial charge in [0.25, 0.3) is 0 Å². The highest BCUT2D eigenvalue weighted by atomic mass is 15.0. The van der Waals surface area contributed by atoms with E-state index in [1.54, 1.807) is 0 Å². The molecule has 0 bridgehead atoms. The minimum Gasteiger partial charge on any atom is -0.309 e. The Hall–Kier alpha value is -7.37. The van der Waals surface area contributed by atoms with Crippen LogP contribution in [0, 0.1) is 19.8 Å². The van der Waals surface area contributed by atoms with Crippen LogP contribution in [0.25, 0.3) is 83.3 Å². The Morgan fingerprint density at radius 1 is 0.458 bits per heavy atom. The van der Waals surface area contributed by atoms with E-state index < -0.39 is 0 Å². The molecule has 5 nitrogen and oxygen atoms in total. The van der Waals surface area contributed by atoms with Crippen LogP contribution in [0.3, 0.4) is 0 Å². The summed E-state index contributed by atoms with van der Waals surface area (Å²) in [4.78, 5) is 15.4. The van der Waals surface area contributed by atoms with Crippen LogP contribution in [0.15, 0.2) is 182 Å². The Balaban J connectivity index is 1.10. The number of aryl methyl sites for hydroxylation is 2. The summed E-state index contributed by atoms with van der Waals surface area (Å²) in [6.07, 6.45) is 6.75. The first kappa shape index (κ1) is 34.8. The molecule has 0 N–H and O–H groups in total. The van der Waals surface area contributed by atoms with Gasteiger partial charge in [-0.1, -0.05) is 152 Å². The lowest BCUT2D eigenvalue weighted by molar-refractivity contribution is 0.651. The third kappa shape index (κ3) is 5.80. The normalized spacial score (nSPS) is 15.4. The molecule has 0 saturated heterocycles. The lowest BCUT2D eigenvalue weighted by atomic mass is 9.77. The monoisotopic (exact) mass is 759 g/mol. The minimum atomic E-state index is 0.0628. The average molecular weight is 760 g/mol. The minimum absolute atomic E-state index is 0.0628. The quantitative estimate of drug-likeness (QED) is 0.170. The Bertz CT molecular complexity index is 3180. The predicted molar refractivity (Wildman–Crippen MR) is 244 cm³/mol. The van der Waals surface area contributed by atoms with E-state index in [1.165, 1.54) is 60.3 Å². The van der Waals surface area contributed by atoms with Crippen molar-refractivity contribution in [3.63, 3.8) is 0 Å². The summed E-state index contributed by atoms with van der Waals surface area (Å²) in [5, 5.41) is 4.99. The number of benzene rings is 7. The van der Waals surface area contributed by atoms with Crippen LogP contribution >= 0.6 is 0 Å². The molecule has 0 spiro atoms. The Morgan fingerprint density at radius 3 is 1.64 bits per heavy atom. The fourth-order valence-corrected chi connectivity index (χ4v) is 9.17. The van der Waals surface area contributed by atoms with Crippen molar-refractivity contribution in [1.29, 1.82) is 0 Å². The number of para-hydroxylation sites is 3. The van der Waals surface area contributed by atoms with Crippen LogP contribution in [0.4, 0.5) is 0 Å². The first-order valence-corrected chi connectivity index (χ1v) is 20.4. The number of hydrogen-bond donors (Lipinski definition) is 0. The van der Waals surface area contributed by atoms with Gasteiger partial charge in [-0.2, -0.15) is 0 Å². The number of allylic oxidation sites excluding steroid dienone is 4. The molecule has 3 heterocycles. The van der Waals surface area contributed by atoms with Crippen molar-refractivity contribution in [2.45, 2.75) is 26.7 Å². The summed E-state index contributed by atoms with van der Waals surface area (Å²) in [5.74, 6) is 2.19. The molecule has 0 fully saturated rings. The van der Waals surface area contributed by atoms with E-state index in [0.717, 1.165) is 28.1 Å². The van der Waals surface area contributed by atoms with Crippen molar-refractivity contribution >= 4 is 49.2 Å². The van der Waals surface area contributed by atoms with Crippen LogP contribution in [0.2, 0.25) is 0 Å². The first-order valence-electron chi connectivity index (χ1n) is 20.4. The second-order valence-electron chi connectivity index (χ2n) is 15.8. The fraction of sp³-hybridized carbons (Fsp3) is 0.0926. The first-order chi connectivity index (χ1) is 29.0. The molecule has 59 heavy (non-hydrogen) atoms. The molecule has 2 atom stereocenters. The molecular formula is C54H41N5. The number of fused-ring (bicyclic) bond motifs is 6. The van der Waals surface area contributed by atoms with Gasteiger partial charge in [-0.05, 0) is 73.9 Å². The van der Waals surface area contributed by atoms with E-state index in [1.807, 2.05) is 0 Å². The largest absolute Gasteiger partial charge is 0.309 e. The Morgan fingerprint density at radius 2 is 1.00 bits per heavy atom. The highest BCUT2D eigenvalue weighted by Crippen LogP contribution is 2.45. The van der Waals surface area contributed by atoms with E-state index in [2.05, 4.69) is 212 Å². The smallest absolute Gasteiger partial charge is 0.164 e. The molecule has 7 aromatic carbocycles. The fourth-order valence-electron chi connectivity index (χ4n) is 9.17. The van der Waals surface area contributed by atoms with Gasteiger partial charge in [0.1, 0.15) is 0 Å². The van der Waals surface area contributed by atoms with Crippen LogP contribution in [0.1, 0.15) is 35.4 Å². The van der Waals surface area contributed by atoms with E-state index in [-0.39, 0.29) is 11.8 Å². The van der Waals surface area contributed by atoms with Crippen molar-refractivity contribution in [2.24, 2.45) is 5.92 Å². The maximum atomic E-state index is 5.19. The van der Waals surface area contributed by atoms with Gasteiger partial charge >= 0.3 is 0 Å². The Labute approximate surface area is 343 Å². The standard InChI is InChI=1S/C54H41N5/c1-34-23-27-37(28-24-34)52-55-53(38-29-25-35(2)26-30-38)57-54(56-52)42-18-11-17-41(36(42)3)45-19-12-22-50-51(45)46-33-40(31-32-49(46)58(50)39-13-5-4-6-14-39)59-47-20-9-7-15-43(47)44-16-8-10-21-48(44)59/h4-33,36,41H,1-3H3. The molecule has 2 unspecified atom stereocenters. The van der Waals surface area contributed by atoms with Gasteiger partial charge < -0.3 is 9.13 Å². The average Bonchev–Trinajstić information content (AvgIpc) is 3.80. The number of aromatic nitrogens is 5. The molecule has 0 aliphatic heterocycles. The molecule has 0 saturated carbocycles. The number of hydrogen-bond acceptors (Lipinski definition) is 3. The lowest BCUT2D eigenvalue weighted by Gasteiger charge is -2.27. The van der Waals surface area contributed by atoms with Gasteiger partial charge in [-0.25, -0.2) is 15.0 Å². The van der Waals surface area contributed by atoms with E-state index in [4.69, 9.17) is 15.0 Å². The van der Waals surface area contributed by atoms with Gasteiger partial charge in [-0.15, -0.1) is 0 Å². The molecule has 10 aromatic rings. The van der Waals surface area contributed by atoms with Crippen molar-refractivity contribution < 1.29 is 0 Å². The third-order valence-corrected chi connectivity index (χ3v) is 12.2. The van der Waals surface area contributed by atoms with Crippen LogP contribution in [-0.4, -0.2) is 24.1 Å². The van der Waals surface area contributed by atoms with Crippen molar-refractivity contribution in [3.8, 4) is 34.2 Å². The molecular weight excluding hydrogens is 719 g/mol. The Kier molecular flexibility index (Phi) is 8.22. The summed E-state index contributed by atoms with van der Waals surface area (Å²) in [6, 6.07) is 58.9. The molecule has 0 radical (unpaired) electrons. The van der Waals surface area contributed by atoms with E-state index in [9.17, 15) is 0 Å². The van der Waals surface area contributed by atoms with Gasteiger partial charge in [0, 0.05) is 55.5 Å². The van der Waals surface area contributed by atoms with Crippen molar-refractivity contribution in [2.75, 3.05) is 0 Å². The van der Waals surface area contributed by atoms with Gasteiger partial charge in [0.2, 0.25) is 0 Å². The molecule has 0 amide bonds. The van der Waals surface area contributed by atoms with Crippen LogP contribution < -0.4 is 0 Å². The lowest BCUT2D eigenvalue weighted by Crippen LogP contribution is -2.15. The number of rotatable bonds is 6. The van der Waals surface area contributed by atoms with E-state index >= 15 is 0 Å². The highest BCUT2D eigenvalue weighted by Gasteiger charge is 2.29. The summed E-state index contributed by atoms with van der Waals surface area (Å²) in [5.41, 5.74) is 13.8. The molecule has 11 rings (SSSR count). The zero-order valence-corrected chi connectivity index (χ0v) is 33.2. The van der Waals surface area contributed by atoms with Gasteiger partial charge in [0.05, 0.1) is 22.1 Å². The van der Waals surface area contributed by atoms with Crippen LogP contribution in [-0.2, 0) is 0 Å². The number of nitrogens with zero attached hydrogens (tertiary/aromatic N) is 5. The second-order valence-corrected chi connectivity index (χ2v) is 15.8. The van der Waals surface area contributed by atoms with Gasteiger partial charge in [-0.3, -0.25) is 0 Å². The third-order valence-electron chi connectivity index (χ3n) is 12.2. The molecule has 3 aromatic heterocycles.